The molecule has 0 atom stereocenters. The predicted molar refractivity (Wildman–Crippen MR) is 101 cm³/mol. The number of nitrogens with zero attached hydrogens (tertiary/aromatic N) is 1. The molecule has 1 N–H and O–H groups in total. The third-order valence-corrected chi connectivity index (χ3v) is 4.36. The van der Waals surface area contributed by atoms with E-state index < -0.39 is 0 Å². The lowest BCUT2D eigenvalue weighted by molar-refractivity contribution is -0.120. The Balaban J connectivity index is 1.59. The number of furan rings is 1. The van der Waals surface area contributed by atoms with Crippen molar-refractivity contribution in [3.05, 3.63) is 60.4 Å². The zero-order valence-corrected chi connectivity index (χ0v) is 14.8. The number of rotatable bonds is 6. The number of benzene rings is 2. The fourth-order valence-corrected chi connectivity index (χ4v) is 2.88. The molecule has 0 bridgehead atoms. The summed E-state index contributed by atoms with van der Waals surface area (Å²) in [5.41, 5.74) is 2.13. The fourth-order valence-electron chi connectivity index (χ4n) is 2.33. The van der Waals surface area contributed by atoms with Crippen molar-refractivity contribution in [2.24, 2.45) is 5.16 Å². The van der Waals surface area contributed by atoms with E-state index in [1.54, 1.807) is 18.7 Å². The first-order valence-corrected chi connectivity index (χ1v) is 8.98. The normalized spacial score (nSPS) is 11.5. The second-order valence-electron chi connectivity index (χ2n) is 5.35. The minimum Gasteiger partial charge on any atom is -0.455 e. The first-order chi connectivity index (χ1) is 12.2. The molecular weight excluding hydrogens is 336 g/mol. The summed E-state index contributed by atoms with van der Waals surface area (Å²) in [5.74, 6) is 0.358. The van der Waals surface area contributed by atoms with Crippen LogP contribution in [0.2, 0.25) is 0 Å². The number of amides is 1. The SMILES string of the molecule is CSc1ccccc1NC(=O)CO/N=C(/C)c1cc2ccccc2o1. The number of para-hydroxylation sites is 2. The Bertz CT molecular complexity index is 885. The van der Waals surface area contributed by atoms with E-state index in [0.717, 1.165) is 21.6 Å². The summed E-state index contributed by atoms with van der Waals surface area (Å²) in [7, 11) is 0. The molecule has 0 saturated carbocycles. The lowest BCUT2D eigenvalue weighted by atomic mass is 10.2. The zero-order valence-electron chi connectivity index (χ0n) is 14.0. The molecule has 1 amide bonds. The molecule has 2 aromatic carbocycles. The Morgan fingerprint density at radius 2 is 1.96 bits per heavy atom. The number of thioether (sulfide) groups is 1. The molecule has 128 valence electrons. The van der Waals surface area contributed by atoms with Gasteiger partial charge in [0.2, 0.25) is 0 Å². The molecule has 0 fully saturated rings. The van der Waals surface area contributed by atoms with Crippen LogP contribution in [0.5, 0.6) is 0 Å². The Kier molecular flexibility index (Phi) is 5.40. The molecule has 3 aromatic rings. The number of hydrogen-bond donors (Lipinski definition) is 1. The molecule has 1 aromatic heterocycles. The van der Waals surface area contributed by atoms with E-state index in [1.165, 1.54) is 0 Å². The van der Waals surface area contributed by atoms with Gasteiger partial charge in [0.1, 0.15) is 11.3 Å². The highest BCUT2D eigenvalue weighted by Gasteiger charge is 2.09. The maximum Gasteiger partial charge on any atom is 0.265 e. The summed E-state index contributed by atoms with van der Waals surface area (Å²) >= 11 is 1.57. The van der Waals surface area contributed by atoms with Gasteiger partial charge in [0.15, 0.2) is 12.4 Å². The van der Waals surface area contributed by atoms with Crippen molar-refractivity contribution in [1.82, 2.24) is 0 Å². The molecule has 0 aliphatic heterocycles. The lowest BCUT2D eigenvalue weighted by Gasteiger charge is -2.08. The summed E-state index contributed by atoms with van der Waals surface area (Å²) in [5, 5.41) is 7.79. The summed E-state index contributed by atoms with van der Waals surface area (Å²) in [6.07, 6.45) is 1.96. The van der Waals surface area contributed by atoms with Crippen LogP contribution in [-0.2, 0) is 9.63 Å². The van der Waals surface area contributed by atoms with E-state index in [4.69, 9.17) is 9.25 Å². The van der Waals surface area contributed by atoms with E-state index in [0.29, 0.717) is 11.5 Å². The average molecular weight is 354 g/mol. The number of nitrogens with one attached hydrogen (secondary N) is 1. The van der Waals surface area contributed by atoms with Gasteiger partial charge in [-0.05, 0) is 37.4 Å². The van der Waals surface area contributed by atoms with Gasteiger partial charge in [-0.25, -0.2) is 0 Å². The minimum absolute atomic E-state index is 0.166. The zero-order chi connectivity index (χ0) is 17.6. The standard InChI is InChI=1S/C19H18N2O3S/c1-13(17-11-14-7-3-5-9-16(14)24-17)21-23-12-19(22)20-15-8-4-6-10-18(15)25-2/h3-11H,12H2,1-2H3,(H,20,22)/b21-13-. The smallest absolute Gasteiger partial charge is 0.265 e. The van der Waals surface area contributed by atoms with Crippen LogP contribution in [-0.4, -0.2) is 24.5 Å². The Morgan fingerprint density at radius 1 is 1.20 bits per heavy atom. The number of oxime groups is 1. The summed E-state index contributed by atoms with van der Waals surface area (Å²) in [4.78, 5) is 18.2. The molecule has 0 spiro atoms. The predicted octanol–water partition coefficient (Wildman–Crippen LogP) is 4.53. The molecule has 0 aliphatic rings. The number of carbonyl (C=O) groups is 1. The molecular formula is C19H18N2O3S. The summed E-state index contributed by atoms with van der Waals surface area (Å²) in [6, 6.07) is 17.2. The molecule has 0 unspecified atom stereocenters. The molecule has 0 saturated heterocycles. The number of anilines is 1. The van der Waals surface area contributed by atoms with Crippen LogP contribution in [0.25, 0.3) is 11.0 Å². The minimum atomic E-state index is -0.261. The van der Waals surface area contributed by atoms with Crippen molar-refractivity contribution < 1.29 is 14.0 Å². The second-order valence-corrected chi connectivity index (χ2v) is 6.20. The number of carbonyl (C=O) groups excluding carboxylic acids is 1. The van der Waals surface area contributed by atoms with E-state index in [1.807, 2.05) is 60.9 Å². The summed E-state index contributed by atoms with van der Waals surface area (Å²) in [6.45, 7) is 1.61. The molecule has 25 heavy (non-hydrogen) atoms. The second kappa shape index (κ2) is 7.90. The first-order valence-electron chi connectivity index (χ1n) is 7.76. The topological polar surface area (TPSA) is 63.8 Å². The lowest BCUT2D eigenvalue weighted by Crippen LogP contribution is -2.17. The highest BCUT2D eigenvalue weighted by Crippen LogP contribution is 2.24. The van der Waals surface area contributed by atoms with Crippen molar-refractivity contribution in [2.45, 2.75) is 11.8 Å². The highest BCUT2D eigenvalue weighted by molar-refractivity contribution is 7.98. The van der Waals surface area contributed by atoms with Crippen LogP contribution in [0.15, 0.2) is 69.1 Å². The van der Waals surface area contributed by atoms with Gasteiger partial charge in [0.05, 0.1) is 5.69 Å². The van der Waals surface area contributed by atoms with Crippen molar-refractivity contribution in [1.29, 1.82) is 0 Å². The Morgan fingerprint density at radius 3 is 2.76 bits per heavy atom. The number of fused-ring (bicyclic) bond motifs is 1. The average Bonchev–Trinajstić information content (AvgIpc) is 3.06. The van der Waals surface area contributed by atoms with Gasteiger partial charge in [0.25, 0.3) is 5.91 Å². The van der Waals surface area contributed by atoms with Gasteiger partial charge < -0.3 is 14.6 Å². The van der Waals surface area contributed by atoms with Gasteiger partial charge in [0, 0.05) is 10.3 Å². The molecule has 3 rings (SSSR count). The van der Waals surface area contributed by atoms with Gasteiger partial charge >= 0.3 is 0 Å². The Labute approximate surface area is 150 Å². The van der Waals surface area contributed by atoms with E-state index >= 15 is 0 Å². The molecule has 0 radical (unpaired) electrons. The first kappa shape index (κ1) is 17.1. The highest BCUT2D eigenvalue weighted by atomic mass is 32.2. The van der Waals surface area contributed by atoms with Crippen LogP contribution in [0.1, 0.15) is 12.7 Å². The maximum absolute atomic E-state index is 12.0. The van der Waals surface area contributed by atoms with Crippen LogP contribution < -0.4 is 5.32 Å². The largest absolute Gasteiger partial charge is 0.455 e. The third kappa shape index (κ3) is 4.22. The van der Waals surface area contributed by atoms with Crippen molar-refractivity contribution in [2.75, 3.05) is 18.2 Å². The quantitative estimate of drug-likeness (QED) is 0.401. The van der Waals surface area contributed by atoms with Crippen LogP contribution in [0.3, 0.4) is 0 Å². The van der Waals surface area contributed by atoms with Gasteiger partial charge in [-0.1, -0.05) is 35.5 Å². The Hall–Kier alpha value is -2.73. The van der Waals surface area contributed by atoms with E-state index in [9.17, 15) is 4.79 Å². The molecule has 5 nitrogen and oxygen atoms in total. The monoisotopic (exact) mass is 354 g/mol. The summed E-state index contributed by atoms with van der Waals surface area (Å²) < 4.78 is 5.70. The number of hydrogen-bond acceptors (Lipinski definition) is 5. The molecule has 1 heterocycles. The third-order valence-electron chi connectivity index (χ3n) is 3.56. The van der Waals surface area contributed by atoms with Crippen LogP contribution in [0, 0.1) is 0 Å². The van der Waals surface area contributed by atoms with Crippen LogP contribution in [0.4, 0.5) is 5.69 Å². The van der Waals surface area contributed by atoms with Gasteiger partial charge in [-0.3, -0.25) is 4.79 Å². The van der Waals surface area contributed by atoms with E-state index in [2.05, 4.69) is 10.5 Å². The van der Waals surface area contributed by atoms with Gasteiger partial charge in [-0.15, -0.1) is 11.8 Å². The maximum atomic E-state index is 12.0. The molecule has 6 heteroatoms. The van der Waals surface area contributed by atoms with Crippen molar-refractivity contribution in [3.8, 4) is 0 Å². The van der Waals surface area contributed by atoms with Crippen molar-refractivity contribution in [3.63, 3.8) is 0 Å². The van der Waals surface area contributed by atoms with Crippen LogP contribution >= 0.6 is 11.8 Å². The molecule has 0 aliphatic carbocycles. The van der Waals surface area contributed by atoms with Gasteiger partial charge in [-0.2, -0.15) is 0 Å². The fraction of sp³-hybridized carbons (Fsp3) is 0.158. The van der Waals surface area contributed by atoms with E-state index in [-0.39, 0.29) is 12.5 Å². The van der Waals surface area contributed by atoms with Crippen molar-refractivity contribution >= 4 is 40.0 Å².